The molecule has 2 atom stereocenters. The lowest BCUT2D eigenvalue weighted by molar-refractivity contribution is 0.247. The van der Waals surface area contributed by atoms with Crippen LogP contribution in [0.1, 0.15) is 73.1 Å². The lowest BCUT2D eigenvalue weighted by Crippen LogP contribution is -2.16. The van der Waals surface area contributed by atoms with Crippen LogP contribution in [0.2, 0.25) is 0 Å². The predicted molar refractivity (Wildman–Crippen MR) is 66.5 cm³/mol. The first-order valence-corrected chi connectivity index (χ1v) is 6.63. The van der Waals surface area contributed by atoms with E-state index in [-0.39, 0.29) is 0 Å². The fourth-order valence-electron chi connectivity index (χ4n) is 2.14. The molecule has 0 saturated carbocycles. The van der Waals surface area contributed by atoms with Gasteiger partial charge in [-0.15, -0.1) is 0 Å². The Hall–Kier alpha value is 0. The molecule has 0 rings (SSSR count). The second kappa shape index (κ2) is 8.32. The quantitative estimate of drug-likeness (QED) is 0.498. The molecular formula is C14H30. The summed E-state index contributed by atoms with van der Waals surface area (Å²) < 4.78 is 0. The van der Waals surface area contributed by atoms with Crippen LogP contribution < -0.4 is 0 Å². The second-order valence-corrected chi connectivity index (χ2v) is 5.10. The van der Waals surface area contributed by atoms with Crippen molar-refractivity contribution in [3.8, 4) is 0 Å². The number of hydrogen-bond acceptors (Lipinski definition) is 0. The van der Waals surface area contributed by atoms with Crippen molar-refractivity contribution in [2.24, 2.45) is 17.8 Å². The Kier molecular flexibility index (Phi) is 8.32. The first-order chi connectivity index (χ1) is 6.63. The lowest BCUT2D eigenvalue weighted by Gasteiger charge is -2.26. The van der Waals surface area contributed by atoms with Crippen molar-refractivity contribution in [1.82, 2.24) is 0 Å². The standard InChI is InChI=1S/C14H30/c1-6-8-10-12(3)14(5)13(4)11-9-7-2/h12-14H,6-11H2,1-5H3. The highest BCUT2D eigenvalue weighted by Crippen LogP contribution is 2.27. The topological polar surface area (TPSA) is 0 Å². The molecule has 0 aromatic rings. The summed E-state index contributed by atoms with van der Waals surface area (Å²) in [6.45, 7) is 11.9. The normalized spacial score (nSPS) is 17.8. The van der Waals surface area contributed by atoms with Crippen LogP contribution in [0.25, 0.3) is 0 Å². The summed E-state index contributed by atoms with van der Waals surface area (Å²) in [4.78, 5) is 0. The SMILES string of the molecule is CCCCC(C)C(C)C(C)CCCC. The van der Waals surface area contributed by atoms with Crippen molar-refractivity contribution < 1.29 is 0 Å². The van der Waals surface area contributed by atoms with Crippen molar-refractivity contribution in [3.05, 3.63) is 0 Å². The van der Waals surface area contributed by atoms with Crippen LogP contribution in [0.5, 0.6) is 0 Å². The van der Waals surface area contributed by atoms with Crippen LogP contribution in [0.4, 0.5) is 0 Å². The Morgan fingerprint density at radius 3 is 1.36 bits per heavy atom. The third kappa shape index (κ3) is 5.67. The Balaban J connectivity index is 3.72. The Morgan fingerprint density at radius 1 is 0.714 bits per heavy atom. The van der Waals surface area contributed by atoms with Gasteiger partial charge in [0.25, 0.3) is 0 Å². The van der Waals surface area contributed by atoms with Crippen molar-refractivity contribution in [3.63, 3.8) is 0 Å². The summed E-state index contributed by atoms with van der Waals surface area (Å²) in [5.74, 6) is 2.75. The monoisotopic (exact) mass is 198 g/mol. The molecule has 0 aliphatic heterocycles. The Labute approximate surface area is 91.5 Å². The van der Waals surface area contributed by atoms with E-state index in [1.807, 2.05) is 0 Å². The number of unbranched alkanes of at least 4 members (excludes halogenated alkanes) is 2. The first-order valence-electron chi connectivity index (χ1n) is 6.63. The summed E-state index contributed by atoms with van der Waals surface area (Å²) in [7, 11) is 0. The zero-order chi connectivity index (χ0) is 11.0. The van der Waals surface area contributed by atoms with Gasteiger partial charge in [-0.25, -0.2) is 0 Å². The second-order valence-electron chi connectivity index (χ2n) is 5.10. The summed E-state index contributed by atoms with van der Waals surface area (Å²) >= 11 is 0. The van der Waals surface area contributed by atoms with Gasteiger partial charge in [-0.05, 0) is 17.8 Å². The summed E-state index contributed by atoms with van der Waals surface area (Å²) in [6.07, 6.45) is 8.36. The molecule has 0 saturated heterocycles. The first kappa shape index (κ1) is 14.0. The van der Waals surface area contributed by atoms with Crippen LogP contribution in [0.15, 0.2) is 0 Å². The van der Waals surface area contributed by atoms with Crippen LogP contribution in [0, 0.1) is 17.8 Å². The average molecular weight is 198 g/mol. The maximum atomic E-state index is 2.45. The molecule has 2 unspecified atom stereocenters. The van der Waals surface area contributed by atoms with Gasteiger partial charge in [0.2, 0.25) is 0 Å². The Morgan fingerprint density at radius 2 is 1.07 bits per heavy atom. The lowest BCUT2D eigenvalue weighted by atomic mass is 9.80. The molecule has 0 nitrogen and oxygen atoms in total. The maximum Gasteiger partial charge on any atom is -0.0391 e. The fraction of sp³-hybridized carbons (Fsp3) is 1.00. The van der Waals surface area contributed by atoms with Crippen LogP contribution in [0.3, 0.4) is 0 Å². The number of rotatable bonds is 8. The molecule has 0 amide bonds. The molecule has 0 aliphatic rings. The van der Waals surface area contributed by atoms with E-state index in [0.717, 1.165) is 17.8 Å². The summed E-state index contributed by atoms with van der Waals surface area (Å²) in [6, 6.07) is 0. The molecular weight excluding hydrogens is 168 g/mol. The smallest absolute Gasteiger partial charge is 0.0391 e. The summed E-state index contributed by atoms with van der Waals surface area (Å²) in [5, 5.41) is 0. The van der Waals surface area contributed by atoms with Crippen LogP contribution >= 0.6 is 0 Å². The van der Waals surface area contributed by atoms with Crippen LogP contribution in [-0.4, -0.2) is 0 Å². The minimum Gasteiger partial charge on any atom is -0.0654 e. The maximum absolute atomic E-state index is 2.45. The van der Waals surface area contributed by atoms with Crippen molar-refractivity contribution in [2.75, 3.05) is 0 Å². The number of hydrogen-bond donors (Lipinski definition) is 0. The molecule has 0 aromatic heterocycles. The zero-order valence-electron chi connectivity index (χ0n) is 11.0. The van der Waals surface area contributed by atoms with E-state index in [1.165, 1.54) is 38.5 Å². The van der Waals surface area contributed by atoms with E-state index < -0.39 is 0 Å². The third-order valence-electron chi connectivity index (χ3n) is 3.82. The zero-order valence-corrected chi connectivity index (χ0v) is 11.0. The molecule has 14 heavy (non-hydrogen) atoms. The third-order valence-corrected chi connectivity index (χ3v) is 3.82. The predicted octanol–water partition coefficient (Wildman–Crippen LogP) is 5.28. The van der Waals surface area contributed by atoms with Crippen molar-refractivity contribution in [2.45, 2.75) is 73.1 Å². The molecule has 0 aromatic carbocycles. The van der Waals surface area contributed by atoms with E-state index in [0.29, 0.717) is 0 Å². The molecule has 0 radical (unpaired) electrons. The molecule has 0 heteroatoms. The van der Waals surface area contributed by atoms with Gasteiger partial charge in [0.05, 0.1) is 0 Å². The molecule has 0 heterocycles. The van der Waals surface area contributed by atoms with Gasteiger partial charge < -0.3 is 0 Å². The van der Waals surface area contributed by atoms with E-state index in [2.05, 4.69) is 34.6 Å². The molecule has 0 fully saturated rings. The molecule has 0 bridgehead atoms. The Bertz CT molecular complexity index is 103. The van der Waals surface area contributed by atoms with Gasteiger partial charge in [0.1, 0.15) is 0 Å². The van der Waals surface area contributed by atoms with E-state index >= 15 is 0 Å². The van der Waals surface area contributed by atoms with Crippen LogP contribution in [-0.2, 0) is 0 Å². The largest absolute Gasteiger partial charge is 0.0654 e. The van der Waals surface area contributed by atoms with E-state index in [1.54, 1.807) is 0 Å². The molecule has 0 spiro atoms. The van der Waals surface area contributed by atoms with Gasteiger partial charge in [0, 0.05) is 0 Å². The minimum absolute atomic E-state index is 0.910. The highest BCUT2D eigenvalue weighted by atomic mass is 14.2. The highest BCUT2D eigenvalue weighted by molar-refractivity contribution is 4.68. The van der Waals surface area contributed by atoms with Gasteiger partial charge >= 0.3 is 0 Å². The minimum atomic E-state index is 0.910. The van der Waals surface area contributed by atoms with Gasteiger partial charge in [-0.1, -0.05) is 73.1 Å². The highest BCUT2D eigenvalue weighted by Gasteiger charge is 2.17. The van der Waals surface area contributed by atoms with Gasteiger partial charge in [0.15, 0.2) is 0 Å². The summed E-state index contributed by atoms with van der Waals surface area (Å²) in [5.41, 5.74) is 0. The molecule has 0 aliphatic carbocycles. The van der Waals surface area contributed by atoms with E-state index in [9.17, 15) is 0 Å². The van der Waals surface area contributed by atoms with Crippen molar-refractivity contribution >= 4 is 0 Å². The fourth-order valence-corrected chi connectivity index (χ4v) is 2.14. The van der Waals surface area contributed by atoms with Crippen molar-refractivity contribution in [1.29, 1.82) is 0 Å². The molecule has 0 N–H and O–H groups in total. The molecule has 86 valence electrons. The van der Waals surface area contributed by atoms with Gasteiger partial charge in [-0.2, -0.15) is 0 Å². The average Bonchev–Trinajstić information content (AvgIpc) is 2.21. The van der Waals surface area contributed by atoms with Gasteiger partial charge in [-0.3, -0.25) is 0 Å². The van der Waals surface area contributed by atoms with E-state index in [4.69, 9.17) is 0 Å².